The van der Waals surface area contributed by atoms with E-state index >= 15 is 0 Å². The molecule has 0 bridgehead atoms. The standard InChI is InChI=1S/C14H20N2/c1-12-10-15-9-5-8-14(15)11-16(12)13-6-3-2-4-7-13/h2-4,6-7,12,14H,5,8-11H2,1H3. The van der Waals surface area contributed by atoms with Gasteiger partial charge >= 0.3 is 0 Å². The summed E-state index contributed by atoms with van der Waals surface area (Å²) in [6, 6.07) is 12.3. The van der Waals surface area contributed by atoms with Gasteiger partial charge in [0.15, 0.2) is 0 Å². The van der Waals surface area contributed by atoms with Crippen molar-refractivity contribution in [2.75, 3.05) is 24.5 Å². The topological polar surface area (TPSA) is 6.48 Å². The minimum Gasteiger partial charge on any atom is -0.366 e. The van der Waals surface area contributed by atoms with Crippen LogP contribution in [-0.2, 0) is 0 Å². The van der Waals surface area contributed by atoms with Crippen LogP contribution in [0, 0.1) is 0 Å². The molecule has 2 heterocycles. The van der Waals surface area contributed by atoms with Crippen LogP contribution in [0.4, 0.5) is 5.69 Å². The van der Waals surface area contributed by atoms with Crippen molar-refractivity contribution in [2.45, 2.75) is 31.8 Å². The Labute approximate surface area is 97.9 Å². The smallest absolute Gasteiger partial charge is 0.0389 e. The second-order valence-electron chi connectivity index (χ2n) is 5.13. The summed E-state index contributed by atoms with van der Waals surface area (Å²) in [5, 5.41) is 0. The van der Waals surface area contributed by atoms with Gasteiger partial charge in [0.05, 0.1) is 0 Å². The lowest BCUT2D eigenvalue weighted by Gasteiger charge is -2.43. The normalized spacial score (nSPS) is 30.4. The van der Waals surface area contributed by atoms with Crippen molar-refractivity contribution in [3.05, 3.63) is 30.3 Å². The molecule has 86 valence electrons. The highest BCUT2D eigenvalue weighted by atomic mass is 15.3. The second kappa shape index (κ2) is 4.10. The molecule has 0 aliphatic carbocycles. The maximum absolute atomic E-state index is 2.67. The summed E-state index contributed by atoms with van der Waals surface area (Å²) >= 11 is 0. The van der Waals surface area contributed by atoms with E-state index in [2.05, 4.69) is 47.1 Å². The zero-order valence-corrected chi connectivity index (χ0v) is 9.97. The van der Waals surface area contributed by atoms with E-state index in [0.717, 1.165) is 6.04 Å². The van der Waals surface area contributed by atoms with Crippen LogP contribution in [0.1, 0.15) is 19.8 Å². The van der Waals surface area contributed by atoms with E-state index in [-0.39, 0.29) is 0 Å². The van der Waals surface area contributed by atoms with Gasteiger partial charge in [0.2, 0.25) is 0 Å². The Morgan fingerprint density at radius 3 is 2.75 bits per heavy atom. The van der Waals surface area contributed by atoms with E-state index in [1.165, 1.54) is 38.2 Å². The first-order chi connectivity index (χ1) is 7.84. The van der Waals surface area contributed by atoms with Crippen molar-refractivity contribution < 1.29 is 0 Å². The van der Waals surface area contributed by atoms with Crippen molar-refractivity contribution in [1.82, 2.24) is 4.90 Å². The number of rotatable bonds is 1. The van der Waals surface area contributed by atoms with Gasteiger partial charge in [-0.05, 0) is 38.4 Å². The SMILES string of the molecule is CC1CN2CCCC2CN1c1ccccc1. The third kappa shape index (κ3) is 1.71. The molecule has 0 saturated carbocycles. The van der Waals surface area contributed by atoms with Crippen molar-refractivity contribution >= 4 is 5.69 Å². The summed E-state index contributed by atoms with van der Waals surface area (Å²) in [4.78, 5) is 5.25. The number of benzene rings is 1. The van der Waals surface area contributed by atoms with E-state index in [0.29, 0.717) is 6.04 Å². The molecule has 0 aromatic heterocycles. The van der Waals surface area contributed by atoms with E-state index in [1.807, 2.05) is 0 Å². The quantitative estimate of drug-likeness (QED) is 0.711. The summed E-state index contributed by atoms with van der Waals surface area (Å²) < 4.78 is 0. The molecule has 0 spiro atoms. The lowest BCUT2D eigenvalue weighted by atomic mass is 10.1. The van der Waals surface area contributed by atoms with E-state index in [1.54, 1.807) is 0 Å². The monoisotopic (exact) mass is 216 g/mol. The van der Waals surface area contributed by atoms with E-state index in [4.69, 9.17) is 0 Å². The first kappa shape index (κ1) is 10.2. The van der Waals surface area contributed by atoms with Gasteiger partial charge in [-0.15, -0.1) is 0 Å². The molecule has 2 unspecified atom stereocenters. The molecule has 0 amide bonds. The molecule has 3 rings (SSSR count). The number of nitrogens with zero attached hydrogens (tertiary/aromatic N) is 2. The number of hydrogen-bond donors (Lipinski definition) is 0. The number of para-hydroxylation sites is 1. The van der Waals surface area contributed by atoms with E-state index < -0.39 is 0 Å². The highest BCUT2D eigenvalue weighted by molar-refractivity contribution is 5.47. The maximum Gasteiger partial charge on any atom is 0.0389 e. The lowest BCUT2D eigenvalue weighted by molar-refractivity contribution is 0.203. The van der Waals surface area contributed by atoms with Crippen LogP contribution < -0.4 is 4.90 Å². The van der Waals surface area contributed by atoms with Crippen LogP contribution in [0.2, 0.25) is 0 Å². The Morgan fingerprint density at radius 2 is 1.94 bits per heavy atom. The maximum atomic E-state index is 2.67. The molecule has 2 nitrogen and oxygen atoms in total. The highest BCUT2D eigenvalue weighted by Gasteiger charge is 2.34. The van der Waals surface area contributed by atoms with Crippen molar-refractivity contribution in [3.8, 4) is 0 Å². The van der Waals surface area contributed by atoms with Crippen LogP contribution in [0.3, 0.4) is 0 Å². The molecule has 1 aromatic carbocycles. The molecule has 2 aliphatic rings. The number of anilines is 1. The molecule has 2 fully saturated rings. The molecule has 16 heavy (non-hydrogen) atoms. The Bertz CT molecular complexity index is 349. The lowest BCUT2D eigenvalue weighted by Crippen LogP contribution is -2.55. The molecule has 2 heteroatoms. The van der Waals surface area contributed by atoms with Gasteiger partial charge in [0.25, 0.3) is 0 Å². The van der Waals surface area contributed by atoms with Crippen LogP contribution in [0.15, 0.2) is 30.3 Å². The largest absolute Gasteiger partial charge is 0.366 e. The van der Waals surface area contributed by atoms with Gasteiger partial charge in [0.1, 0.15) is 0 Å². The van der Waals surface area contributed by atoms with Crippen LogP contribution >= 0.6 is 0 Å². The van der Waals surface area contributed by atoms with Crippen LogP contribution in [-0.4, -0.2) is 36.6 Å². The van der Waals surface area contributed by atoms with Gasteiger partial charge in [-0.2, -0.15) is 0 Å². The third-order valence-corrected chi connectivity index (χ3v) is 4.03. The predicted molar refractivity (Wildman–Crippen MR) is 67.8 cm³/mol. The fraction of sp³-hybridized carbons (Fsp3) is 0.571. The Hall–Kier alpha value is -1.02. The minimum atomic E-state index is 0.650. The predicted octanol–water partition coefficient (Wildman–Crippen LogP) is 2.36. The summed E-state index contributed by atoms with van der Waals surface area (Å²) in [7, 11) is 0. The van der Waals surface area contributed by atoms with Gasteiger partial charge < -0.3 is 4.90 Å². The fourth-order valence-electron chi connectivity index (χ4n) is 3.17. The average molecular weight is 216 g/mol. The number of fused-ring (bicyclic) bond motifs is 1. The zero-order chi connectivity index (χ0) is 11.0. The van der Waals surface area contributed by atoms with E-state index in [9.17, 15) is 0 Å². The molecule has 2 saturated heterocycles. The zero-order valence-electron chi connectivity index (χ0n) is 9.97. The van der Waals surface area contributed by atoms with Gasteiger partial charge in [-0.25, -0.2) is 0 Å². The van der Waals surface area contributed by atoms with Gasteiger partial charge in [-0.1, -0.05) is 18.2 Å². The Balaban J connectivity index is 1.80. The summed E-state index contributed by atoms with van der Waals surface area (Å²) in [5.74, 6) is 0. The van der Waals surface area contributed by atoms with Crippen LogP contribution in [0.5, 0.6) is 0 Å². The van der Waals surface area contributed by atoms with Gasteiger partial charge in [-0.3, -0.25) is 4.90 Å². The Kier molecular flexibility index (Phi) is 2.60. The number of piperazine rings is 1. The molecular formula is C14H20N2. The van der Waals surface area contributed by atoms with Crippen molar-refractivity contribution in [1.29, 1.82) is 0 Å². The Morgan fingerprint density at radius 1 is 1.12 bits per heavy atom. The first-order valence-corrected chi connectivity index (χ1v) is 6.40. The molecular weight excluding hydrogens is 196 g/mol. The molecule has 0 radical (unpaired) electrons. The fourth-order valence-corrected chi connectivity index (χ4v) is 3.17. The molecule has 0 N–H and O–H groups in total. The summed E-state index contributed by atoms with van der Waals surface area (Å²) in [5.41, 5.74) is 1.39. The summed E-state index contributed by atoms with van der Waals surface area (Å²) in [6.45, 7) is 6.11. The van der Waals surface area contributed by atoms with Crippen LogP contribution in [0.25, 0.3) is 0 Å². The van der Waals surface area contributed by atoms with Crippen molar-refractivity contribution in [2.24, 2.45) is 0 Å². The summed E-state index contributed by atoms with van der Waals surface area (Å²) in [6.07, 6.45) is 2.77. The highest BCUT2D eigenvalue weighted by Crippen LogP contribution is 2.28. The average Bonchev–Trinajstić information content (AvgIpc) is 2.76. The van der Waals surface area contributed by atoms with Crippen molar-refractivity contribution in [3.63, 3.8) is 0 Å². The van der Waals surface area contributed by atoms with Gasteiger partial charge in [0, 0.05) is 30.9 Å². The molecule has 2 atom stereocenters. The first-order valence-electron chi connectivity index (χ1n) is 6.40. The minimum absolute atomic E-state index is 0.650. The molecule has 1 aromatic rings. The second-order valence-corrected chi connectivity index (χ2v) is 5.13. The molecule has 2 aliphatic heterocycles. The number of hydrogen-bond acceptors (Lipinski definition) is 2. The third-order valence-electron chi connectivity index (χ3n) is 4.03.